The lowest BCUT2D eigenvalue weighted by atomic mass is 9.66. The molecule has 2 bridgehead atoms. The number of hydrogen-bond donors (Lipinski definition) is 2. The third kappa shape index (κ3) is 4.50. The second-order valence-corrected chi connectivity index (χ2v) is 6.62. The molecular formula is C16H27NO3. The Kier molecular flexibility index (Phi) is 5.44. The summed E-state index contributed by atoms with van der Waals surface area (Å²) >= 11 is 0. The van der Waals surface area contributed by atoms with Gasteiger partial charge < -0.3 is 10.4 Å². The summed E-state index contributed by atoms with van der Waals surface area (Å²) in [4.78, 5) is 22.4. The Labute approximate surface area is 121 Å². The van der Waals surface area contributed by atoms with Gasteiger partial charge in [-0.05, 0) is 57.3 Å². The summed E-state index contributed by atoms with van der Waals surface area (Å²) < 4.78 is 0. The third-order valence-corrected chi connectivity index (χ3v) is 5.04. The van der Waals surface area contributed by atoms with Gasteiger partial charge in [0, 0.05) is 18.4 Å². The van der Waals surface area contributed by atoms with Gasteiger partial charge in [-0.1, -0.05) is 12.8 Å². The van der Waals surface area contributed by atoms with Gasteiger partial charge in [0.15, 0.2) is 0 Å². The zero-order chi connectivity index (χ0) is 14.4. The van der Waals surface area contributed by atoms with Crippen LogP contribution in [0.25, 0.3) is 0 Å². The van der Waals surface area contributed by atoms with Crippen LogP contribution in [0.4, 0.5) is 0 Å². The van der Waals surface area contributed by atoms with E-state index in [1.807, 2.05) is 0 Å². The quantitative estimate of drug-likeness (QED) is 0.671. The maximum Gasteiger partial charge on any atom is 0.303 e. The minimum atomic E-state index is -0.727. The zero-order valence-corrected chi connectivity index (χ0v) is 12.3. The molecule has 0 unspecified atom stereocenters. The first-order chi connectivity index (χ1) is 9.60. The Morgan fingerprint density at radius 2 is 1.50 bits per heavy atom. The SMILES string of the molecule is O=C(O)CCCCCCC(=O)NC12CCC(CC1)CC2. The molecule has 0 aromatic carbocycles. The highest BCUT2D eigenvalue weighted by Gasteiger charge is 2.40. The molecule has 0 saturated heterocycles. The van der Waals surface area contributed by atoms with Crippen molar-refractivity contribution in [1.82, 2.24) is 5.32 Å². The molecule has 0 aliphatic heterocycles. The van der Waals surface area contributed by atoms with Crippen molar-refractivity contribution >= 4 is 11.9 Å². The summed E-state index contributed by atoms with van der Waals surface area (Å²) in [6, 6.07) is 0. The Bertz CT molecular complexity index is 332. The first kappa shape index (κ1) is 15.3. The van der Waals surface area contributed by atoms with Crippen molar-refractivity contribution in [3.8, 4) is 0 Å². The lowest BCUT2D eigenvalue weighted by molar-refractivity contribution is -0.137. The molecule has 3 fully saturated rings. The highest BCUT2D eigenvalue weighted by molar-refractivity contribution is 5.76. The van der Waals surface area contributed by atoms with E-state index >= 15 is 0 Å². The van der Waals surface area contributed by atoms with Crippen molar-refractivity contribution in [2.45, 2.75) is 82.6 Å². The lowest BCUT2D eigenvalue weighted by Gasteiger charge is -2.47. The largest absolute Gasteiger partial charge is 0.481 e. The number of fused-ring (bicyclic) bond motifs is 3. The van der Waals surface area contributed by atoms with Crippen LogP contribution in [0.3, 0.4) is 0 Å². The smallest absolute Gasteiger partial charge is 0.303 e. The van der Waals surface area contributed by atoms with Crippen LogP contribution in [-0.2, 0) is 9.59 Å². The monoisotopic (exact) mass is 281 g/mol. The Balaban J connectivity index is 1.57. The Morgan fingerprint density at radius 3 is 2.05 bits per heavy atom. The van der Waals surface area contributed by atoms with Crippen LogP contribution in [0.1, 0.15) is 77.0 Å². The van der Waals surface area contributed by atoms with E-state index in [0.29, 0.717) is 6.42 Å². The van der Waals surface area contributed by atoms with Gasteiger partial charge in [-0.25, -0.2) is 0 Å². The molecule has 1 amide bonds. The minimum absolute atomic E-state index is 0.120. The average molecular weight is 281 g/mol. The molecule has 4 heteroatoms. The molecule has 0 aromatic rings. The number of nitrogens with one attached hydrogen (secondary N) is 1. The molecule has 2 N–H and O–H groups in total. The molecule has 20 heavy (non-hydrogen) atoms. The van der Waals surface area contributed by atoms with Crippen LogP contribution < -0.4 is 5.32 Å². The first-order valence-corrected chi connectivity index (χ1v) is 8.12. The van der Waals surface area contributed by atoms with Crippen LogP contribution in [-0.4, -0.2) is 22.5 Å². The molecule has 3 rings (SSSR count). The van der Waals surface area contributed by atoms with Crippen LogP contribution in [0.15, 0.2) is 0 Å². The van der Waals surface area contributed by atoms with E-state index in [2.05, 4.69) is 5.32 Å². The number of carboxylic acid groups (broad SMARTS) is 1. The highest BCUT2D eigenvalue weighted by Crippen LogP contribution is 2.44. The summed E-state index contributed by atoms with van der Waals surface area (Å²) in [6.45, 7) is 0. The molecule has 4 nitrogen and oxygen atoms in total. The van der Waals surface area contributed by atoms with Crippen LogP contribution in [0.5, 0.6) is 0 Å². The number of hydrogen-bond acceptors (Lipinski definition) is 2. The standard InChI is InChI=1S/C16H27NO3/c18-14(5-3-1-2-4-6-15(19)20)17-16-10-7-13(8-11-16)9-12-16/h13H,1-12H2,(H,17,18)(H,19,20). The van der Waals surface area contributed by atoms with Gasteiger partial charge in [-0.15, -0.1) is 0 Å². The normalized spacial score (nSPS) is 28.3. The fraction of sp³-hybridized carbons (Fsp3) is 0.875. The van der Waals surface area contributed by atoms with Crippen molar-refractivity contribution in [3.63, 3.8) is 0 Å². The average Bonchev–Trinajstić information content (AvgIpc) is 2.44. The van der Waals surface area contributed by atoms with E-state index < -0.39 is 5.97 Å². The third-order valence-electron chi connectivity index (χ3n) is 5.04. The second-order valence-electron chi connectivity index (χ2n) is 6.62. The van der Waals surface area contributed by atoms with E-state index in [-0.39, 0.29) is 17.9 Å². The second kappa shape index (κ2) is 7.09. The number of carbonyl (C=O) groups is 2. The maximum atomic E-state index is 12.0. The molecule has 0 atom stereocenters. The van der Waals surface area contributed by atoms with E-state index in [1.165, 1.54) is 38.5 Å². The van der Waals surface area contributed by atoms with Crippen molar-refractivity contribution in [2.75, 3.05) is 0 Å². The van der Waals surface area contributed by atoms with Crippen LogP contribution in [0.2, 0.25) is 0 Å². The van der Waals surface area contributed by atoms with Gasteiger partial charge in [0.1, 0.15) is 0 Å². The number of unbranched alkanes of at least 4 members (excludes halogenated alkanes) is 3. The molecule has 3 saturated carbocycles. The summed E-state index contributed by atoms with van der Waals surface area (Å²) in [5, 5.41) is 11.8. The van der Waals surface area contributed by atoms with E-state index in [4.69, 9.17) is 5.11 Å². The molecule has 0 heterocycles. The number of carboxylic acids is 1. The van der Waals surface area contributed by atoms with E-state index in [9.17, 15) is 9.59 Å². The van der Waals surface area contributed by atoms with Gasteiger partial charge in [0.25, 0.3) is 0 Å². The number of rotatable bonds is 8. The van der Waals surface area contributed by atoms with Crippen molar-refractivity contribution in [3.05, 3.63) is 0 Å². The van der Waals surface area contributed by atoms with Crippen LogP contribution in [0, 0.1) is 5.92 Å². The van der Waals surface area contributed by atoms with Crippen molar-refractivity contribution < 1.29 is 14.7 Å². The zero-order valence-electron chi connectivity index (χ0n) is 12.3. The Hall–Kier alpha value is -1.06. The lowest BCUT2D eigenvalue weighted by Crippen LogP contribution is -2.53. The molecule has 3 aliphatic carbocycles. The van der Waals surface area contributed by atoms with Gasteiger partial charge in [-0.2, -0.15) is 0 Å². The molecule has 3 aliphatic rings. The summed E-state index contributed by atoms with van der Waals surface area (Å²) in [5.41, 5.74) is 0.120. The van der Waals surface area contributed by atoms with E-state index in [0.717, 1.165) is 31.6 Å². The minimum Gasteiger partial charge on any atom is -0.481 e. The highest BCUT2D eigenvalue weighted by atomic mass is 16.4. The molecule has 0 spiro atoms. The first-order valence-electron chi connectivity index (χ1n) is 8.12. The topological polar surface area (TPSA) is 66.4 Å². The van der Waals surface area contributed by atoms with E-state index in [1.54, 1.807) is 0 Å². The summed E-state index contributed by atoms with van der Waals surface area (Å²) in [5.74, 6) is 0.390. The molecule has 114 valence electrons. The number of aliphatic carboxylic acids is 1. The van der Waals surface area contributed by atoms with Gasteiger partial charge in [0.05, 0.1) is 0 Å². The van der Waals surface area contributed by atoms with Crippen molar-refractivity contribution in [2.24, 2.45) is 5.92 Å². The van der Waals surface area contributed by atoms with Gasteiger partial charge in [-0.3, -0.25) is 9.59 Å². The van der Waals surface area contributed by atoms with Gasteiger partial charge >= 0.3 is 5.97 Å². The fourth-order valence-electron chi connectivity index (χ4n) is 3.71. The maximum absolute atomic E-state index is 12.0. The van der Waals surface area contributed by atoms with Crippen molar-refractivity contribution in [1.29, 1.82) is 0 Å². The predicted octanol–water partition coefficient (Wildman–Crippen LogP) is 3.25. The van der Waals surface area contributed by atoms with Crippen LogP contribution >= 0.6 is 0 Å². The predicted molar refractivity (Wildman–Crippen MR) is 77.4 cm³/mol. The summed E-state index contributed by atoms with van der Waals surface area (Å²) in [6.07, 6.45) is 11.7. The van der Waals surface area contributed by atoms with Gasteiger partial charge in [0.2, 0.25) is 5.91 Å². The number of carbonyl (C=O) groups excluding carboxylic acids is 1. The molecular weight excluding hydrogens is 254 g/mol. The Morgan fingerprint density at radius 1 is 0.950 bits per heavy atom. The number of amides is 1. The fourth-order valence-corrected chi connectivity index (χ4v) is 3.71. The molecule has 0 radical (unpaired) electrons. The molecule has 0 aromatic heterocycles. The summed E-state index contributed by atoms with van der Waals surface area (Å²) in [7, 11) is 0.